The molecule has 0 N–H and O–H groups in total. The Labute approximate surface area is 110 Å². The van der Waals surface area contributed by atoms with E-state index in [1.54, 1.807) is 10.8 Å². The molecule has 3 heterocycles. The smallest absolute Gasteiger partial charge is 0.177 e. The molecule has 0 saturated heterocycles. The van der Waals surface area contributed by atoms with Gasteiger partial charge in [0.1, 0.15) is 12.1 Å². The molecule has 19 heavy (non-hydrogen) atoms. The fourth-order valence-electron chi connectivity index (χ4n) is 1.86. The van der Waals surface area contributed by atoms with E-state index in [-0.39, 0.29) is 0 Å². The van der Waals surface area contributed by atoms with Gasteiger partial charge < -0.3 is 4.90 Å². The molecular formula is C13H14N6. The summed E-state index contributed by atoms with van der Waals surface area (Å²) in [6, 6.07) is 9.82. The quantitative estimate of drug-likeness (QED) is 0.700. The maximum absolute atomic E-state index is 4.44. The number of likely N-dealkylation sites (N-methyl/N-ethyl adjacent to an activating group) is 1. The molecule has 0 saturated carbocycles. The van der Waals surface area contributed by atoms with Gasteiger partial charge in [-0.05, 0) is 24.3 Å². The van der Waals surface area contributed by atoms with Crippen LogP contribution in [0.25, 0.3) is 5.65 Å². The molecule has 0 bridgehead atoms. The molecule has 6 heteroatoms. The van der Waals surface area contributed by atoms with Crippen LogP contribution in [0.5, 0.6) is 0 Å². The molecule has 0 radical (unpaired) electrons. The van der Waals surface area contributed by atoms with E-state index in [9.17, 15) is 0 Å². The number of nitrogens with zero attached hydrogens (tertiary/aromatic N) is 6. The fraction of sp³-hybridized carbons (Fsp3) is 0.231. The van der Waals surface area contributed by atoms with Gasteiger partial charge in [0, 0.05) is 31.9 Å². The summed E-state index contributed by atoms with van der Waals surface area (Å²) in [5.74, 6) is 0.892. The van der Waals surface area contributed by atoms with E-state index in [1.807, 2.05) is 43.6 Å². The van der Waals surface area contributed by atoms with Crippen LogP contribution in [0.4, 0.5) is 5.82 Å². The van der Waals surface area contributed by atoms with Crippen LogP contribution in [-0.2, 0) is 6.42 Å². The lowest BCUT2D eigenvalue weighted by Gasteiger charge is -2.17. The second-order valence-corrected chi connectivity index (χ2v) is 4.32. The van der Waals surface area contributed by atoms with Crippen molar-refractivity contribution in [1.82, 2.24) is 24.8 Å². The second kappa shape index (κ2) is 5.01. The van der Waals surface area contributed by atoms with Crippen LogP contribution in [0.1, 0.15) is 5.69 Å². The van der Waals surface area contributed by atoms with Crippen molar-refractivity contribution in [2.45, 2.75) is 6.42 Å². The average molecular weight is 254 g/mol. The highest BCUT2D eigenvalue weighted by atomic mass is 15.4. The van der Waals surface area contributed by atoms with E-state index >= 15 is 0 Å². The highest BCUT2D eigenvalue weighted by Crippen LogP contribution is 2.09. The molecule has 0 spiro atoms. The molecule has 0 fully saturated rings. The van der Waals surface area contributed by atoms with Crippen LogP contribution in [0, 0.1) is 0 Å². The van der Waals surface area contributed by atoms with Crippen LogP contribution in [0.2, 0.25) is 0 Å². The van der Waals surface area contributed by atoms with Gasteiger partial charge in [-0.2, -0.15) is 4.52 Å². The molecule has 3 aromatic heterocycles. The van der Waals surface area contributed by atoms with Crippen LogP contribution in [-0.4, -0.2) is 38.4 Å². The lowest BCUT2D eigenvalue weighted by atomic mass is 10.2. The minimum absolute atomic E-state index is 0.752. The van der Waals surface area contributed by atoms with Crippen molar-refractivity contribution in [3.05, 3.63) is 48.5 Å². The van der Waals surface area contributed by atoms with Gasteiger partial charge in [-0.25, -0.2) is 0 Å². The number of hydrogen-bond donors (Lipinski definition) is 0. The average Bonchev–Trinajstić information content (AvgIpc) is 2.93. The SMILES string of the molecule is CN(CCc1ccccn1)c1ccc2nncn2n1. The van der Waals surface area contributed by atoms with E-state index in [1.165, 1.54) is 0 Å². The maximum Gasteiger partial charge on any atom is 0.177 e. The summed E-state index contributed by atoms with van der Waals surface area (Å²) in [6.07, 6.45) is 4.31. The van der Waals surface area contributed by atoms with Gasteiger partial charge in [-0.15, -0.1) is 15.3 Å². The molecule has 0 aliphatic heterocycles. The summed E-state index contributed by atoms with van der Waals surface area (Å²) >= 11 is 0. The van der Waals surface area contributed by atoms with E-state index in [0.717, 1.165) is 30.1 Å². The minimum atomic E-state index is 0.752. The van der Waals surface area contributed by atoms with Gasteiger partial charge in [0.2, 0.25) is 0 Å². The highest BCUT2D eigenvalue weighted by Gasteiger charge is 2.05. The lowest BCUT2D eigenvalue weighted by Crippen LogP contribution is -2.22. The van der Waals surface area contributed by atoms with Crippen LogP contribution < -0.4 is 4.90 Å². The highest BCUT2D eigenvalue weighted by molar-refractivity contribution is 5.44. The molecule has 96 valence electrons. The topological polar surface area (TPSA) is 59.2 Å². The van der Waals surface area contributed by atoms with E-state index in [4.69, 9.17) is 0 Å². The zero-order valence-corrected chi connectivity index (χ0v) is 10.6. The predicted molar refractivity (Wildman–Crippen MR) is 72.0 cm³/mol. The summed E-state index contributed by atoms with van der Waals surface area (Å²) in [4.78, 5) is 6.41. The minimum Gasteiger partial charge on any atom is -0.358 e. The Hall–Kier alpha value is -2.50. The number of fused-ring (bicyclic) bond motifs is 1. The first-order chi connectivity index (χ1) is 9.33. The molecule has 0 amide bonds. The monoisotopic (exact) mass is 254 g/mol. The molecule has 0 aliphatic carbocycles. The normalized spacial score (nSPS) is 10.8. The largest absolute Gasteiger partial charge is 0.358 e. The van der Waals surface area contributed by atoms with Crippen molar-refractivity contribution in [2.75, 3.05) is 18.5 Å². The molecule has 0 unspecified atom stereocenters. The standard InChI is InChI=1S/C13H14N6/c1-18(9-7-11-4-2-3-8-14-11)13-6-5-12-16-15-10-19(12)17-13/h2-6,8,10H,7,9H2,1H3. The third-order valence-corrected chi connectivity index (χ3v) is 2.97. The zero-order valence-electron chi connectivity index (χ0n) is 10.6. The fourth-order valence-corrected chi connectivity index (χ4v) is 1.86. The Morgan fingerprint density at radius 2 is 2.16 bits per heavy atom. The Balaban J connectivity index is 1.71. The first-order valence-electron chi connectivity index (χ1n) is 6.11. The van der Waals surface area contributed by atoms with Crippen LogP contribution in [0.15, 0.2) is 42.9 Å². The van der Waals surface area contributed by atoms with Crippen molar-refractivity contribution in [3.8, 4) is 0 Å². The summed E-state index contributed by atoms with van der Waals surface area (Å²) < 4.78 is 1.67. The maximum atomic E-state index is 4.44. The van der Waals surface area contributed by atoms with Gasteiger partial charge >= 0.3 is 0 Å². The van der Waals surface area contributed by atoms with Crippen molar-refractivity contribution >= 4 is 11.5 Å². The number of anilines is 1. The number of pyridine rings is 1. The lowest BCUT2D eigenvalue weighted by molar-refractivity contribution is 0.809. The Bertz CT molecular complexity index is 663. The molecule has 3 rings (SSSR count). The number of aromatic nitrogens is 5. The number of hydrogen-bond acceptors (Lipinski definition) is 5. The van der Waals surface area contributed by atoms with E-state index in [2.05, 4.69) is 25.2 Å². The van der Waals surface area contributed by atoms with Gasteiger partial charge in [-0.1, -0.05) is 6.07 Å². The van der Waals surface area contributed by atoms with Gasteiger partial charge in [0.15, 0.2) is 5.65 Å². The molecular weight excluding hydrogens is 240 g/mol. The third kappa shape index (κ3) is 2.52. The van der Waals surface area contributed by atoms with Gasteiger partial charge in [0.05, 0.1) is 0 Å². The van der Waals surface area contributed by atoms with Crippen molar-refractivity contribution in [1.29, 1.82) is 0 Å². The van der Waals surface area contributed by atoms with Crippen LogP contribution >= 0.6 is 0 Å². The van der Waals surface area contributed by atoms with Gasteiger partial charge in [-0.3, -0.25) is 4.98 Å². The third-order valence-electron chi connectivity index (χ3n) is 2.97. The van der Waals surface area contributed by atoms with Crippen molar-refractivity contribution in [3.63, 3.8) is 0 Å². The summed E-state index contributed by atoms with van der Waals surface area (Å²) in [5.41, 5.74) is 1.83. The van der Waals surface area contributed by atoms with Gasteiger partial charge in [0.25, 0.3) is 0 Å². The van der Waals surface area contributed by atoms with E-state index < -0.39 is 0 Å². The predicted octanol–water partition coefficient (Wildman–Crippen LogP) is 1.20. The first-order valence-corrected chi connectivity index (χ1v) is 6.11. The Morgan fingerprint density at radius 3 is 3.00 bits per heavy atom. The molecule has 6 nitrogen and oxygen atoms in total. The summed E-state index contributed by atoms with van der Waals surface area (Å²) in [5, 5.41) is 12.2. The second-order valence-electron chi connectivity index (χ2n) is 4.32. The number of rotatable bonds is 4. The summed E-state index contributed by atoms with van der Waals surface area (Å²) in [7, 11) is 2.02. The summed E-state index contributed by atoms with van der Waals surface area (Å²) in [6.45, 7) is 0.859. The molecule has 0 aromatic carbocycles. The molecule has 3 aromatic rings. The van der Waals surface area contributed by atoms with Crippen molar-refractivity contribution < 1.29 is 0 Å². The zero-order chi connectivity index (χ0) is 13.1. The van der Waals surface area contributed by atoms with Crippen molar-refractivity contribution in [2.24, 2.45) is 0 Å². The molecule has 0 atom stereocenters. The molecule has 0 aliphatic rings. The van der Waals surface area contributed by atoms with Crippen LogP contribution in [0.3, 0.4) is 0 Å². The first kappa shape index (κ1) is 11.6. The Morgan fingerprint density at radius 1 is 1.21 bits per heavy atom. The van der Waals surface area contributed by atoms with E-state index in [0.29, 0.717) is 0 Å². The Kier molecular flexibility index (Phi) is 3.06.